The molecule has 0 fully saturated rings. The third kappa shape index (κ3) is 3.32. The third-order valence-electron chi connectivity index (χ3n) is 3.68. The lowest BCUT2D eigenvalue weighted by Crippen LogP contribution is -2.40. The summed E-state index contributed by atoms with van der Waals surface area (Å²) in [6.45, 7) is 0.138. The van der Waals surface area contributed by atoms with E-state index in [-0.39, 0.29) is 18.3 Å². The summed E-state index contributed by atoms with van der Waals surface area (Å²) in [5, 5.41) is 4.99. The summed E-state index contributed by atoms with van der Waals surface area (Å²) in [6.07, 6.45) is -0.743. The van der Waals surface area contributed by atoms with Crippen molar-refractivity contribution in [2.45, 2.75) is 6.10 Å². The predicted molar refractivity (Wildman–Crippen MR) is 92.5 cm³/mol. The SMILES string of the molecule is O=C(Nc1nc(-c2ccc(F)cc2)cs1)[C@@H]1COc2ccccc2O1. The molecule has 4 rings (SSSR count). The lowest BCUT2D eigenvalue weighted by Gasteiger charge is -2.25. The van der Waals surface area contributed by atoms with Gasteiger partial charge in [-0.2, -0.15) is 0 Å². The number of aromatic nitrogens is 1. The molecule has 3 aromatic rings. The van der Waals surface area contributed by atoms with E-state index in [0.717, 1.165) is 5.56 Å². The van der Waals surface area contributed by atoms with Crippen LogP contribution < -0.4 is 14.8 Å². The number of benzene rings is 2. The Morgan fingerprint density at radius 3 is 2.72 bits per heavy atom. The molecule has 2 heterocycles. The number of para-hydroxylation sites is 2. The van der Waals surface area contributed by atoms with Crippen LogP contribution in [0, 0.1) is 5.82 Å². The Bertz CT molecular complexity index is 911. The van der Waals surface area contributed by atoms with Gasteiger partial charge in [-0.25, -0.2) is 9.37 Å². The number of rotatable bonds is 3. The van der Waals surface area contributed by atoms with Crippen LogP contribution in [0.25, 0.3) is 11.3 Å². The summed E-state index contributed by atoms with van der Waals surface area (Å²) in [5.41, 5.74) is 1.45. The number of nitrogens with zero attached hydrogens (tertiary/aromatic N) is 1. The van der Waals surface area contributed by atoms with Crippen molar-refractivity contribution in [2.75, 3.05) is 11.9 Å². The maximum Gasteiger partial charge on any atom is 0.270 e. The van der Waals surface area contributed by atoms with Crippen LogP contribution in [-0.4, -0.2) is 23.6 Å². The van der Waals surface area contributed by atoms with Gasteiger partial charge in [0.2, 0.25) is 6.10 Å². The van der Waals surface area contributed by atoms with Crippen molar-refractivity contribution in [3.8, 4) is 22.8 Å². The monoisotopic (exact) mass is 356 g/mol. The second kappa shape index (κ2) is 6.52. The van der Waals surface area contributed by atoms with Gasteiger partial charge in [-0.1, -0.05) is 12.1 Å². The van der Waals surface area contributed by atoms with Crippen molar-refractivity contribution in [3.05, 3.63) is 59.7 Å². The first-order valence-electron chi connectivity index (χ1n) is 7.60. The lowest BCUT2D eigenvalue weighted by atomic mass is 10.2. The molecule has 1 aliphatic heterocycles. The largest absolute Gasteiger partial charge is 0.485 e. The summed E-state index contributed by atoms with van der Waals surface area (Å²) in [4.78, 5) is 16.7. The standard InChI is InChI=1S/C18H13FN2O3S/c19-12-7-5-11(6-8-12)13-10-25-18(20-13)21-17(22)16-9-23-14-3-1-2-4-15(14)24-16/h1-8,10,16H,9H2,(H,20,21,22)/t16-/m0/s1. The zero-order valence-electron chi connectivity index (χ0n) is 12.9. The smallest absolute Gasteiger partial charge is 0.270 e. The highest BCUT2D eigenvalue weighted by molar-refractivity contribution is 7.14. The van der Waals surface area contributed by atoms with E-state index in [1.165, 1.54) is 23.5 Å². The van der Waals surface area contributed by atoms with Crippen molar-refractivity contribution in [2.24, 2.45) is 0 Å². The molecule has 5 nitrogen and oxygen atoms in total. The van der Waals surface area contributed by atoms with Crippen molar-refractivity contribution < 1.29 is 18.7 Å². The van der Waals surface area contributed by atoms with Gasteiger partial charge in [-0.15, -0.1) is 11.3 Å². The molecule has 0 aliphatic carbocycles. The topological polar surface area (TPSA) is 60.5 Å². The van der Waals surface area contributed by atoms with Crippen LogP contribution in [0.2, 0.25) is 0 Å². The molecule has 0 saturated heterocycles. The Kier molecular flexibility index (Phi) is 4.07. The Labute approximate surface area is 147 Å². The van der Waals surface area contributed by atoms with E-state index in [2.05, 4.69) is 10.3 Å². The second-order valence-corrected chi connectivity index (χ2v) is 6.26. The van der Waals surface area contributed by atoms with Crippen LogP contribution in [0.1, 0.15) is 0 Å². The first-order valence-corrected chi connectivity index (χ1v) is 8.48. The van der Waals surface area contributed by atoms with Gasteiger partial charge < -0.3 is 9.47 Å². The van der Waals surface area contributed by atoms with Crippen LogP contribution in [0.5, 0.6) is 11.5 Å². The highest BCUT2D eigenvalue weighted by atomic mass is 32.1. The first-order chi connectivity index (χ1) is 12.2. The molecule has 2 aromatic carbocycles. The lowest BCUT2D eigenvalue weighted by molar-refractivity contribution is -0.125. The summed E-state index contributed by atoms with van der Waals surface area (Å²) < 4.78 is 24.2. The van der Waals surface area contributed by atoms with E-state index in [1.54, 1.807) is 29.6 Å². The Balaban J connectivity index is 1.44. The van der Waals surface area contributed by atoms with Gasteiger partial charge >= 0.3 is 0 Å². The molecule has 1 N–H and O–H groups in total. The number of thiazole rings is 1. The predicted octanol–water partition coefficient (Wildman–Crippen LogP) is 3.73. The van der Waals surface area contributed by atoms with Gasteiger partial charge in [0.25, 0.3) is 5.91 Å². The minimum absolute atomic E-state index is 0.138. The minimum Gasteiger partial charge on any atom is -0.485 e. The van der Waals surface area contributed by atoms with E-state index in [1.807, 2.05) is 12.1 Å². The Morgan fingerprint density at radius 2 is 1.92 bits per heavy atom. The maximum absolute atomic E-state index is 13.0. The van der Waals surface area contributed by atoms with Crippen molar-refractivity contribution in [1.82, 2.24) is 4.98 Å². The van der Waals surface area contributed by atoms with Crippen molar-refractivity contribution >= 4 is 22.4 Å². The fraction of sp³-hybridized carbons (Fsp3) is 0.111. The molecular formula is C18H13FN2O3S. The highest BCUT2D eigenvalue weighted by Gasteiger charge is 2.27. The van der Waals surface area contributed by atoms with E-state index >= 15 is 0 Å². The number of carbonyl (C=O) groups is 1. The summed E-state index contributed by atoms with van der Waals surface area (Å²) in [6, 6.07) is 13.2. The van der Waals surface area contributed by atoms with Gasteiger partial charge in [-0.3, -0.25) is 10.1 Å². The van der Waals surface area contributed by atoms with Gasteiger partial charge in [-0.05, 0) is 36.4 Å². The average Bonchev–Trinajstić information content (AvgIpc) is 3.10. The quantitative estimate of drug-likeness (QED) is 0.777. The fourth-order valence-corrected chi connectivity index (χ4v) is 3.14. The molecule has 1 amide bonds. The number of anilines is 1. The second-order valence-electron chi connectivity index (χ2n) is 5.40. The minimum atomic E-state index is -0.743. The number of halogens is 1. The molecule has 25 heavy (non-hydrogen) atoms. The number of amides is 1. The molecule has 1 atom stereocenters. The summed E-state index contributed by atoms with van der Waals surface area (Å²) >= 11 is 1.29. The first kappa shape index (κ1) is 15.6. The highest BCUT2D eigenvalue weighted by Crippen LogP contribution is 2.31. The van der Waals surface area contributed by atoms with Crippen LogP contribution >= 0.6 is 11.3 Å². The molecular weight excluding hydrogens is 343 g/mol. The maximum atomic E-state index is 13.0. The number of nitrogens with one attached hydrogen (secondary N) is 1. The van der Waals surface area contributed by atoms with Gasteiger partial charge in [0.1, 0.15) is 12.4 Å². The van der Waals surface area contributed by atoms with Gasteiger partial charge in [0, 0.05) is 10.9 Å². The van der Waals surface area contributed by atoms with E-state index in [9.17, 15) is 9.18 Å². The molecule has 1 aromatic heterocycles. The summed E-state index contributed by atoms with van der Waals surface area (Å²) in [7, 11) is 0. The Morgan fingerprint density at radius 1 is 1.16 bits per heavy atom. The fourth-order valence-electron chi connectivity index (χ4n) is 2.42. The van der Waals surface area contributed by atoms with Gasteiger partial charge in [0.05, 0.1) is 5.69 Å². The van der Waals surface area contributed by atoms with Gasteiger partial charge in [0.15, 0.2) is 16.6 Å². The number of hydrogen-bond acceptors (Lipinski definition) is 5. The van der Waals surface area contributed by atoms with Crippen LogP contribution in [0.3, 0.4) is 0 Å². The number of ether oxygens (including phenoxy) is 2. The van der Waals surface area contributed by atoms with E-state index < -0.39 is 6.10 Å². The third-order valence-corrected chi connectivity index (χ3v) is 4.43. The van der Waals surface area contributed by atoms with Crippen molar-refractivity contribution in [3.63, 3.8) is 0 Å². The van der Waals surface area contributed by atoms with Crippen LogP contribution in [0.4, 0.5) is 9.52 Å². The Hall–Kier alpha value is -2.93. The molecule has 1 aliphatic rings. The number of fused-ring (bicyclic) bond motifs is 1. The number of hydrogen-bond donors (Lipinski definition) is 1. The molecule has 0 unspecified atom stereocenters. The molecule has 126 valence electrons. The van der Waals surface area contributed by atoms with Crippen LogP contribution in [0.15, 0.2) is 53.9 Å². The summed E-state index contributed by atoms with van der Waals surface area (Å²) in [5.74, 6) is 0.538. The zero-order chi connectivity index (χ0) is 17.2. The molecule has 0 bridgehead atoms. The number of carbonyl (C=O) groups excluding carboxylic acids is 1. The van der Waals surface area contributed by atoms with E-state index in [0.29, 0.717) is 22.3 Å². The van der Waals surface area contributed by atoms with E-state index in [4.69, 9.17) is 9.47 Å². The molecule has 0 saturated carbocycles. The van der Waals surface area contributed by atoms with Crippen molar-refractivity contribution in [1.29, 1.82) is 0 Å². The normalized spacial score (nSPS) is 15.6. The molecule has 0 radical (unpaired) electrons. The zero-order valence-corrected chi connectivity index (χ0v) is 13.8. The average molecular weight is 356 g/mol. The van der Waals surface area contributed by atoms with Crippen LogP contribution in [-0.2, 0) is 4.79 Å². The molecule has 0 spiro atoms. The molecule has 7 heteroatoms.